The Labute approximate surface area is 135 Å². The molecule has 1 aliphatic heterocycles. The fourth-order valence-corrected chi connectivity index (χ4v) is 2.60. The quantitative estimate of drug-likeness (QED) is 0.946. The van der Waals surface area contributed by atoms with Gasteiger partial charge in [-0.25, -0.2) is 14.8 Å². The predicted octanol–water partition coefficient (Wildman–Crippen LogP) is 2.86. The van der Waals surface area contributed by atoms with Crippen LogP contribution in [0, 0.1) is 6.92 Å². The van der Waals surface area contributed by atoms with E-state index in [4.69, 9.17) is 4.74 Å². The van der Waals surface area contributed by atoms with E-state index in [0.717, 1.165) is 24.1 Å². The molecule has 1 aliphatic rings. The van der Waals surface area contributed by atoms with E-state index in [1.807, 2.05) is 36.1 Å². The summed E-state index contributed by atoms with van der Waals surface area (Å²) in [5.74, 6) is 0.586. The summed E-state index contributed by atoms with van der Waals surface area (Å²) in [5, 5.41) is 2.97. The van der Waals surface area contributed by atoms with Crippen molar-refractivity contribution in [1.29, 1.82) is 0 Å². The van der Waals surface area contributed by atoms with Crippen LogP contribution in [0.4, 0.5) is 10.5 Å². The molecule has 6 heteroatoms. The van der Waals surface area contributed by atoms with Gasteiger partial charge in [0, 0.05) is 43.9 Å². The van der Waals surface area contributed by atoms with Crippen molar-refractivity contribution in [2.75, 3.05) is 18.4 Å². The van der Waals surface area contributed by atoms with Crippen molar-refractivity contribution in [1.82, 2.24) is 14.9 Å². The highest BCUT2D eigenvalue weighted by Gasteiger charge is 2.24. The minimum atomic E-state index is -0.0558. The zero-order chi connectivity index (χ0) is 16.1. The fourth-order valence-electron chi connectivity index (χ4n) is 2.60. The van der Waals surface area contributed by atoms with E-state index in [-0.39, 0.29) is 12.1 Å². The van der Waals surface area contributed by atoms with Gasteiger partial charge < -0.3 is 15.0 Å². The minimum Gasteiger partial charge on any atom is -0.474 e. The van der Waals surface area contributed by atoms with Gasteiger partial charge in [0.1, 0.15) is 12.4 Å². The number of aromatic nitrogens is 2. The molecule has 23 heavy (non-hydrogen) atoms. The van der Waals surface area contributed by atoms with Crippen LogP contribution in [0.25, 0.3) is 0 Å². The first-order chi connectivity index (χ1) is 11.2. The highest BCUT2D eigenvalue weighted by Crippen LogP contribution is 2.19. The van der Waals surface area contributed by atoms with Crippen LogP contribution in [-0.4, -0.2) is 40.1 Å². The van der Waals surface area contributed by atoms with E-state index in [1.165, 1.54) is 6.33 Å². The third kappa shape index (κ3) is 3.97. The molecule has 1 saturated heterocycles. The van der Waals surface area contributed by atoms with E-state index in [2.05, 4.69) is 15.3 Å². The standard InChI is InChI=1S/C17H20N4O2/c1-13-4-2-3-5-15(13)20-17(22)21-10-7-14(8-11-21)23-16-6-9-18-12-19-16/h2-6,9,12,14H,7-8,10-11H2,1H3,(H,20,22). The van der Waals surface area contributed by atoms with Crippen molar-refractivity contribution in [3.05, 3.63) is 48.4 Å². The molecule has 1 fully saturated rings. The third-order valence-corrected chi connectivity index (χ3v) is 3.96. The van der Waals surface area contributed by atoms with Crippen molar-refractivity contribution in [2.45, 2.75) is 25.9 Å². The lowest BCUT2D eigenvalue weighted by molar-refractivity contribution is 0.111. The number of hydrogen-bond acceptors (Lipinski definition) is 4. The number of aryl methyl sites for hydroxylation is 1. The number of carbonyl (C=O) groups excluding carboxylic acids is 1. The van der Waals surface area contributed by atoms with Crippen LogP contribution in [0.15, 0.2) is 42.9 Å². The molecule has 1 aromatic heterocycles. The van der Waals surface area contributed by atoms with Crippen LogP contribution >= 0.6 is 0 Å². The molecular formula is C17H20N4O2. The van der Waals surface area contributed by atoms with Crippen molar-refractivity contribution in [3.8, 4) is 5.88 Å². The summed E-state index contributed by atoms with van der Waals surface area (Å²) in [6.45, 7) is 3.33. The number of amides is 2. The van der Waals surface area contributed by atoms with Crippen molar-refractivity contribution >= 4 is 11.7 Å². The number of nitrogens with one attached hydrogen (secondary N) is 1. The van der Waals surface area contributed by atoms with Crippen molar-refractivity contribution in [3.63, 3.8) is 0 Å². The smallest absolute Gasteiger partial charge is 0.321 e. The molecule has 1 aromatic carbocycles. The third-order valence-electron chi connectivity index (χ3n) is 3.96. The SMILES string of the molecule is Cc1ccccc1NC(=O)N1CCC(Oc2ccncn2)CC1. The summed E-state index contributed by atoms with van der Waals surface area (Å²) < 4.78 is 5.81. The summed E-state index contributed by atoms with van der Waals surface area (Å²) in [5.41, 5.74) is 1.92. The van der Waals surface area contributed by atoms with Gasteiger partial charge in [-0.3, -0.25) is 0 Å². The normalized spacial score (nSPS) is 15.3. The van der Waals surface area contributed by atoms with Gasteiger partial charge in [0.25, 0.3) is 0 Å². The molecule has 6 nitrogen and oxygen atoms in total. The first-order valence-electron chi connectivity index (χ1n) is 7.76. The van der Waals surface area contributed by atoms with Gasteiger partial charge in [-0.05, 0) is 18.6 Å². The van der Waals surface area contributed by atoms with E-state index in [1.54, 1.807) is 12.3 Å². The van der Waals surface area contributed by atoms with Gasteiger partial charge in [0.15, 0.2) is 0 Å². The van der Waals surface area contributed by atoms with Crippen LogP contribution < -0.4 is 10.1 Å². The highest BCUT2D eigenvalue weighted by molar-refractivity contribution is 5.90. The average molecular weight is 312 g/mol. The molecular weight excluding hydrogens is 292 g/mol. The number of rotatable bonds is 3. The van der Waals surface area contributed by atoms with Gasteiger partial charge in [-0.1, -0.05) is 18.2 Å². The Morgan fingerprint density at radius 1 is 1.26 bits per heavy atom. The number of likely N-dealkylation sites (tertiary alicyclic amines) is 1. The van der Waals surface area contributed by atoms with E-state index < -0.39 is 0 Å². The second-order valence-corrected chi connectivity index (χ2v) is 5.60. The number of carbonyl (C=O) groups is 1. The fraction of sp³-hybridized carbons (Fsp3) is 0.353. The first kappa shape index (κ1) is 15.3. The molecule has 2 heterocycles. The lowest BCUT2D eigenvalue weighted by atomic mass is 10.1. The van der Waals surface area contributed by atoms with Gasteiger partial charge in [0.05, 0.1) is 0 Å². The Morgan fingerprint density at radius 3 is 2.74 bits per heavy atom. The number of benzene rings is 1. The van der Waals surface area contributed by atoms with Gasteiger partial charge >= 0.3 is 6.03 Å². The molecule has 0 bridgehead atoms. The second-order valence-electron chi connectivity index (χ2n) is 5.60. The summed E-state index contributed by atoms with van der Waals surface area (Å²) in [6, 6.07) is 9.47. The minimum absolute atomic E-state index is 0.0558. The van der Waals surface area contributed by atoms with Gasteiger partial charge in [0.2, 0.25) is 5.88 Å². The maximum atomic E-state index is 12.3. The van der Waals surface area contributed by atoms with Crippen LogP contribution in [-0.2, 0) is 0 Å². The summed E-state index contributed by atoms with van der Waals surface area (Å²) in [7, 11) is 0. The van der Waals surface area contributed by atoms with Gasteiger partial charge in [-0.15, -0.1) is 0 Å². The number of hydrogen-bond donors (Lipinski definition) is 1. The number of para-hydroxylation sites is 1. The highest BCUT2D eigenvalue weighted by atomic mass is 16.5. The molecule has 120 valence electrons. The van der Waals surface area contributed by atoms with E-state index in [0.29, 0.717) is 19.0 Å². The first-order valence-corrected chi connectivity index (χ1v) is 7.76. The molecule has 0 unspecified atom stereocenters. The van der Waals surface area contributed by atoms with Gasteiger partial charge in [-0.2, -0.15) is 0 Å². The zero-order valence-corrected chi connectivity index (χ0v) is 13.1. The topological polar surface area (TPSA) is 67.4 Å². The molecule has 1 N–H and O–H groups in total. The molecule has 0 atom stereocenters. The summed E-state index contributed by atoms with van der Waals surface area (Å²) in [4.78, 5) is 22.1. The van der Waals surface area contributed by atoms with E-state index >= 15 is 0 Å². The van der Waals surface area contributed by atoms with Crippen LogP contribution in [0.2, 0.25) is 0 Å². The molecule has 0 spiro atoms. The Bertz CT molecular complexity index is 655. The van der Waals surface area contributed by atoms with Crippen LogP contribution in [0.5, 0.6) is 5.88 Å². The number of ether oxygens (including phenoxy) is 1. The number of piperidine rings is 1. The van der Waals surface area contributed by atoms with Crippen molar-refractivity contribution in [2.24, 2.45) is 0 Å². The van der Waals surface area contributed by atoms with Crippen molar-refractivity contribution < 1.29 is 9.53 Å². The number of nitrogens with zero attached hydrogens (tertiary/aromatic N) is 3. The Hall–Kier alpha value is -2.63. The zero-order valence-electron chi connectivity index (χ0n) is 13.1. The lowest BCUT2D eigenvalue weighted by Gasteiger charge is -2.32. The predicted molar refractivity (Wildman–Crippen MR) is 87.5 cm³/mol. The number of urea groups is 1. The molecule has 2 aromatic rings. The largest absolute Gasteiger partial charge is 0.474 e. The molecule has 0 radical (unpaired) electrons. The second kappa shape index (κ2) is 7.09. The molecule has 2 amide bonds. The van der Waals surface area contributed by atoms with Crippen LogP contribution in [0.1, 0.15) is 18.4 Å². The Morgan fingerprint density at radius 2 is 2.04 bits per heavy atom. The monoisotopic (exact) mass is 312 g/mol. The Kier molecular flexibility index (Phi) is 4.71. The molecule has 3 rings (SSSR count). The molecule has 0 saturated carbocycles. The Balaban J connectivity index is 1.50. The maximum Gasteiger partial charge on any atom is 0.321 e. The lowest BCUT2D eigenvalue weighted by Crippen LogP contribution is -2.43. The summed E-state index contributed by atoms with van der Waals surface area (Å²) >= 11 is 0. The van der Waals surface area contributed by atoms with Crippen LogP contribution in [0.3, 0.4) is 0 Å². The van der Waals surface area contributed by atoms with E-state index in [9.17, 15) is 4.79 Å². The maximum absolute atomic E-state index is 12.3. The summed E-state index contributed by atoms with van der Waals surface area (Å²) in [6.07, 6.45) is 4.82. The number of anilines is 1. The average Bonchev–Trinajstić information content (AvgIpc) is 2.58. The molecule has 0 aliphatic carbocycles.